The number of unbranched alkanes of at least 4 members (excludes halogenated alkanes) is 14. The molecule has 0 bridgehead atoms. The van der Waals surface area contributed by atoms with Crippen molar-refractivity contribution in [1.29, 1.82) is 0 Å². The normalized spacial score (nSPS) is 13.8. The van der Waals surface area contributed by atoms with Gasteiger partial charge in [0.05, 0.1) is 18.4 Å². The van der Waals surface area contributed by atoms with Crippen LogP contribution >= 0.6 is 0 Å². The average Bonchev–Trinajstić information content (AvgIpc) is 3.23. The van der Waals surface area contributed by atoms with E-state index >= 15 is 0 Å². The lowest BCUT2D eigenvalue weighted by molar-refractivity contribution is 0.0974. The minimum Gasteiger partial charge on any atom is -0.394 e. The van der Waals surface area contributed by atoms with Gasteiger partial charge in [0.1, 0.15) is 6.04 Å². The monoisotopic (exact) mass is 435 g/mol. The zero-order valence-corrected chi connectivity index (χ0v) is 20.4. The maximum atomic E-state index is 10.3. The molecule has 0 amide bonds. The summed E-state index contributed by atoms with van der Waals surface area (Å²) in [5.74, 6) is 0. The Balaban J connectivity index is 2.06. The molecule has 0 radical (unpaired) electrons. The number of aryl methyl sites for hydroxylation is 1. The summed E-state index contributed by atoms with van der Waals surface area (Å²) in [6.45, 7) is 4.22. The van der Waals surface area contributed by atoms with E-state index in [1.165, 1.54) is 83.5 Å². The number of aliphatic hydroxyl groups excluding tert-OH is 2. The van der Waals surface area contributed by atoms with Crippen molar-refractivity contribution in [2.24, 2.45) is 0 Å². The minimum atomic E-state index is -0.743. The number of hydrogen-bond donors (Lipinski definition) is 2. The van der Waals surface area contributed by atoms with Crippen molar-refractivity contribution in [3.05, 3.63) is 24.0 Å². The second-order valence-electron chi connectivity index (χ2n) is 8.99. The van der Waals surface area contributed by atoms with Gasteiger partial charge in [0, 0.05) is 6.20 Å². The van der Waals surface area contributed by atoms with Crippen LogP contribution in [-0.2, 0) is 6.42 Å². The maximum absolute atomic E-state index is 10.3. The number of nitrogens with zero attached hydrogens (tertiary/aromatic N) is 3. The molecule has 1 rings (SSSR count). The first kappa shape index (κ1) is 27.8. The summed E-state index contributed by atoms with van der Waals surface area (Å²) < 4.78 is 1.61. The Hall–Kier alpha value is -1.20. The van der Waals surface area contributed by atoms with Crippen molar-refractivity contribution >= 4 is 0 Å². The quantitative estimate of drug-likeness (QED) is 0.170. The molecule has 0 unspecified atom stereocenters. The molecule has 2 N–H and O–H groups in total. The van der Waals surface area contributed by atoms with E-state index in [2.05, 4.69) is 24.2 Å². The molecule has 2 atom stereocenters. The summed E-state index contributed by atoms with van der Waals surface area (Å²) in [6, 6.07) is -0.467. The Morgan fingerprint density at radius 1 is 0.839 bits per heavy atom. The van der Waals surface area contributed by atoms with Crippen LogP contribution in [0.25, 0.3) is 0 Å². The van der Waals surface area contributed by atoms with Crippen molar-refractivity contribution in [3.8, 4) is 0 Å². The maximum Gasteiger partial charge on any atom is 0.106 e. The van der Waals surface area contributed by atoms with Crippen molar-refractivity contribution in [3.63, 3.8) is 0 Å². The molecule has 0 aromatic carbocycles. The fourth-order valence-corrected chi connectivity index (χ4v) is 3.97. The molecule has 0 saturated heterocycles. The van der Waals surface area contributed by atoms with Gasteiger partial charge >= 0.3 is 0 Å². The number of rotatable bonds is 21. The van der Waals surface area contributed by atoms with Crippen molar-refractivity contribution in [2.45, 2.75) is 135 Å². The molecular formula is C26H49N3O2. The molecule has 31 heavy (non-hydrogen) atoms. The summed E-state index contributed by atoms with van der Waals surface area (Å²) in [5, 5.41) is 28.3. The molecule has 1 aromatic heterocycles. The van der Waals surface area contributed by atoms with Gasteiger partial charge in [-0.3, -0.25) is 0 Å². The smallest absolute Gasteiger partial charge is 0.106 e. The van der Waals surface area contributed by atoms with E-state index in [0.717, 1.165) is 31.4 Å². The standard InChI is InChI=1S/C26H49N3O2/c1-3-5-7-8-9-10-11-12-13-14-15-16-17-19-20-24-22-29(28-27-24)25(23-30)26(31)21-18-6-4-2/h18,21-22,25-26,30-31H,3-17,19-20,23H2,1-2H3/b21-18+/t25-,26+/m0/s1. The molecule has 1 aromatic rings. The van der Waals surface area contributed by atoms with Gasteiger partial charge in [0.25, 0.3) is 0 Å². The Morgan fingerprint density at radius 2 is 1.39 bits per heavy atom. The van der Waals surface area contributed by atoms with Crippen molar-refractivity contribution in [2.75, 3.05) is 6.61 Å². The Morgan fingerprint density at radius 3 is 1.90 bits per heavy atom. The van der Waals surface area contributed by atoms with Crippen LogP contribution in [-0.4, -0.2) is 37.9 Å². The van der Waals surface area contributed by atoms with Crippen LogP contribution in [0.3, 0.4) is 0 Å². The van der Waals surface area contributed by atoms with Gasteiger partial charge in [0.15, 0.2) is 0 Å². The highest BCUT2D eigenvalue weighted by atomic mass is 16.3. The highest BCUT2D eigenvalue weighted by Crippen LogP contribution is 2.15. The fourth-order valence-electron chi connectivity index (χ4n) is 3.97. The molecular weight excluding hydrogens is 386 g/mol. The van der Waals surface area contributed by atoms with Gasteiger partial charge in [-0.05, 0) is 19.3 Å². The van der Waals surface area contributed by atoms with Gasteiger partial charge in [-0.25, -0.2) is 4.68 Å². The Labute approximate surface area is 191 Å². The summed E-state index contributed by atoms with van der Waals surface area (Å²) >= 11 is 0. The van der Waals surface area contributed by atoms with E-state index in [1.54, 1.807) is 10.8 Å². The van der Waals surface area contributed by atoms with Gasteiger partial charge in [0.2, 0.25) is 0 Å². The number of hydrogen-bond acceptors (Lipinski definition) is 4. The molecule has 5 heteroatoms. The first-order valence-corrected chi connectivity index (χ1v) is 13.1. The molecule has 5 nitrogen and oxygen atoms in total. The number of aliphatic hydroxyl groups is 2. The van der Waals surface area contributed by atoms with Crippen LogP contribution in [0.4, 0.5) is 0 Å². The lowest BCUT2D eigenvalue weighted by Crippen LogP contribution is -2.26. The zero-order valence-electron chi connectivity index (χ0n) is 20.4. The second kappa shape index (κ2) is 19.5. The predicted molar refractivity (Wildman–Crippen MR) is 130 cm³/mol. The zero-order chi connectivity index (χ0) is 22.6. The topological polar surface area (TPSA) is 71.2 Å². The van der Waals surface area contributed by atoms with E-state index in [9.17, 15) is 10.2 Å². The van der Waals surface area contributed by atoms with Crippen LogP contribution in [0.1, 0.15) is 128 Å². The highest BCUT2D eigenvalue weighted by Gasteiger charge is 2.19. The van der Waals surface area contributed by atoms with E-state index in [1.807, 2.05) is 12.3 Å². The molecule has 0 aliphatic rings. The average molecular weight is 436 g/mol. The second-order valence-corrected chi connectivity index (χ2v) is 8.99. The third kappa shape index (κ3) is 13.7. The first-order valence-electron chi connectivity index (χ1n) is 13.1. The number of aromatic nitrogens is 3. The van der Waals surface area contributed by atoms with E-state index < -0.39 is 12.1 Å². The summed E-state index contributed by atoms with van der Waals surface area (Å²) in [5.41, 5.74) is 0.946. The Kier molecular flexibility index (Phi) is 17.5. The number of allylic oxidation sites excluding steroid dienone is 1. The van der Waals surface area contributed by atoms with Crippen LogP contribution < -0.4 is 0 Å². The molecule has 180 valence electrons. The predicted octanol–water partition coefficient (Wildman–Crippen LogP) is 6.55. The lowest BCUT2D eigenvalue weighted by atomic mass is 10.0. The first-order chi connectivity index (χ1) is 15.2. The third-order valence-electron chi connectivity index (χ3n) is 6.05. The SMILES string of the molecule is CCC/C=C/[C@@H](O)[C@H](CO)n1cc(CCCCCCCCCCCCCCCC)nn1. The van der Waals surface area contributed by atoms with Gasteiger partial charge in [-0.2, -0.15) is 0 Å². The lowest BCUT2D eigenvalue weighted by Gasteiger charge is -2.17. The third-order valence-corrected chi connectivity index (χ3v) is 6.05. The van der Waals surface area contributed by atoms with Gasteiger partial charge in [-0.1, -0.05) is 121 Å². The summed E-state index contributed by atoms with van der Waals surface area (Å²) in [4.78, 5) is 0. The van der Waals surface area contributed by atoms with E-state index in [-0.39, 0.29) is 6.61 Å². The summed E-state index contributed by atoms with van der Waals surface area (Å²) in [6.07, 6.45) is 26.7. The molecule has 0 aliphatic carbocycles. The van der Waals surface area contributed by atoms with Crippen LogP contribution in [0, 0.1) is 0 Å². The van der Waals surface area contributed by atoms with E-state index in [0.29, 0.717) is 0 Å². The van der Waals surface area contributed by atoms with Crippen molar-refractivity contribution < 1.29 is 10.2 Å². The summed E-state index contributed by atoms with van der Waals surface area (Å²) in [7, 11) is 0. The molecule has 1 heterocycles. The van der Waals surface area contributed by atoms with Crippen LogP contribution in [0.15, 0.2) is 18.3 Å². The van der Waals surface area contributed by atoms with Crippen LogP contribution in [0.2, 0.25) is 0 Å². The minimum absolute atomic E-state index is 0.153. The molecule has 0 saturated carbocycles. The Bertz CT molecular complexity index is 545. The van der Waals surface area contributed by atoms with Crippen LogP contribution in [0.5, 0.6) is 0 Å². The van der Waals surface area contributed by atoms with Gasteiger partial charge < -0.3 is 10.2 Å². The van der Waals surface area contributed by atoms with Gasteiger partial charge in [-0.15, -0.1) is 5.10 Å². The van der Waals surface area contributed by atoms with Crippen molar-refractivity contribution in [1.82, 2.24) is 15.0 Å². The highest BCUT2D eigenvalue weighted by molar-refractivity contribution is 4.98. The molecule has 0 aliphatic heterocycles. The molecule has 0 fully saturated rings. The fraction of sp³-hybridized carbons (Fsp3) is 0.846. The van der Waals surface area contributed by atoms with E-state index in [4.69, 9.17) is 0 Å². The largest absolute Gasteiger partial charge is 0.394 e. The molecule has 0 spiro atoms.